The SMILES string of the molecule is CC([NH2+]Cc1ccccn1)C(O)c1ccccc1.[Cl-]. The second kappa shape index (κ2) is 7.89. The first-order valence-corrected chi connectivity index (χ1v) is 6.23. The smallest absolute Gasteiger partial charge is 0.130 e. The number of benzene rings is 1. The van der Waals surface area contributed by atoms with Crippen LogP contribution >= 0.6 is 0 Å². The Morgan fingerprint density at radius 3 is 2.42 bits per heavy atom. The number of rotatable bonds is 5. The third kappa shape index (κ3) is 4.63. The molecular weight excluding hydrogens is 260 g/mol. The van der Waals surface area contributed by atoms with Crippen molar-refractivity contribution in [2.75, 3.05) is 0 Å². The molecule has 0 aliphatic heterocycles. The van der Waals surface area contributed by atoms with Crippen molar-refractivity contribution in [2.45, 2.75) is 25.6 Å². The fourth-order valence-corrected chi connectivity index (χ4v) is 1.91. The molecule has 1 heterocycles. The summed E-state index contributed by atoms with van der Waals surface area (Å²) in [5, 5.41) is 12.3. The van der Waals surface area contributed by atoms with E-state index in [2.05, 4.69) is 10.3 Å². The summed E-state index contributed by atoms with van der Waals surface area (Å²) >= 11 is 0. The maximum Gasteiger partial charge on any atom is 0.130 e. The molecule has 4 heteroatoms. The Hall–Kier alpha value is -1.42. The highest BCUT2D eigenvalue weighted by Gasteiger charge is 2.18. The summed E-state index contributed by atoms with van der Waals surface area (Å²) in [4.78, 5) is 4.27. The number of nitrogens with zero attached hydrogens (tertiary/aromatic N) is 1. The number of aromatic nitrogens is 1. The molecule has 0 saturated carbocycles. The fourth-order valence-electron chi connectivity index (χ4n) is 1.91. The lowest BCUT2D eigenvalue weighted by Gasteiger charge is -2.17. The summed E-state index contributed by atoms with van der Waals surface area (Å²) in [6.07, 6.45) is 1.34. The molecule has 3 nitrogen and oxygen atoms in total. The standard InChI is InChI=1S/C15H18N2O.ClH/c1-12(15(18)13-7-3-2-4-8-13)17-11-14-9-5-6-10-16-14;/h2-10,12,15,17-18H,11H2,1H3;1H. The van der Waals surface area contributed by atoms with Crippen molar-refractivity contribution < 1.29 is 22.8 Å². The summed E-state index contributed by atoms with van der Waals surface area (Å²) < 4.78 is 0. The normalized spacial score (nSPS) is 13.4. The minimum Gasteiger partial charge on any atom is -1.00 e. The van der Waals surface area contributed by atoms with Crippen LogP contribution in [-0.2, 0) is 6.54 Å². The average Bonchev–Trinajstić information content (AvgIpc) is 2.46. The fraction of sp³-hybridized carbons (Fsp3) is 0.267. The van der Waals surface area contributed by atoms with Gasteiger partial charge in [0.15, 0.2) is 0 Å². The number of pyridine rings is 1. The van der Waals surface area contributed by atoms with Crippen molar-refractivity contribution in [3.8, 4) is 0 Å². The topological polar surface area (TPSA) is 49.7 Å². The van der Waals surface area contributed by atoms with Crippen molar-refractivity contribution in [1.29, 1.82) is 0 Å². The van der Waals surface area contributed by atoms with Gasteiger partial charge in [-0.2, -0.15) is 0 Å². The minimum atomic E-state index is -0.449. The molecule has 2 aromatic rings. The molecule has 1 aromatic heterocycles. The Labute approximate surface area is 120 Å². The lowest BCUT2D eigenvalue weighted by Crippen LogP contribution is -3.00. The van der Waals surface area contributed by atoms with Gasteiger partial charge in [-0.05, 0) is 24.6 Å². The molecular formula is C15H19ClN2O. The largest absolute Gasteiger partial charge is 1.00 e. The number of quaternary nitrogens is 1. The number of hydrogen-bond donors (Lipinski definition) is 2. The lowest BCUT2D eigenvalue weighted by molar-refractivity contribution is -0.709. The third-order valence-corrected chi connectivity index (χ3v) is 3.06. The van der Waals surface area contributed by atoms with E-state index in [0.29, 0.717) is 0 Å². The number of aliphatic hydroxyl groups is 1. The van der Waals surface area contributed by atoms with Gasteiger partial charge in [0.25, 0.3) is 0 Å². The van der Waals surface area contributed by atoms with Crippen LogP contribution in [-0.4, -0.2) is 16.1 Å². The van der Waals surface area contributed by atoms with Crippen LogP contribution in [0.1, 0.15) is 24.3 Å². The first-order chi connectivity index (χ1) is 8.77. The number of halogens is 1. The lowest BCUT2D eigenvalue weighted by atomic mass is 10.0. The Morgan fingerprint density at radius 1 is 1.11 bits per heavy atom. The molecule has 0 aliphatic rings. The molecule has 0 spiro atoms. The third-order valence-electron chi connectivity index (χ3n) is 3.06. The van der Waals surface area contributed by atoms with Crippen LogP contribution in [0.2, 0.25) is 0 Å². The van der Waals surface area contributed by atoms with E-state index in [1.165, 1.54) is 0 Å². The van der Waals surface area contributed by atoms with Crippen LogP contribution in [0.3, 0.4) is 0 Å². The van der Waals surface area contributed by atoms with E-state index < -0.39 is 6.10 Å². The van der Waals surface area contributed by atoms with Crippen molar-refractivity contribution in [3.05, 3.63) is 66.0 Å². The van der Waals surface area contributed by atoms with Gasteiger partial charge in [-0.15, -0.1) is 0 Å². The van der Waals surface area contributed by atoms with E-state index in [9.17, 15) is 5.11 Å². The molecule has 0 fully saturated rings. The highest BCUT2D eigenvalue weighted by atomic mass is 35.5. The van der Waals surface area contributed by atoms with Crippen LogP contribution in [0.5, 0.6) is 0 Å². The molecule has 2 unspecified atom stereocenters. The van der Waals surface area contributed by atoms with Gasteiger partial charge in [0.2, 0.25) is 0 Å². The Morgan fingerprint density at radius 2 is 1.79 bits per heavy atom. The number of aliphatic hydroxyl groups excluding tert-OH is 1. The molecule has 0 amide bonds. The zero-order valence-corrected chi connectivity index (χ0v) is 11.7. The summed E-state index contributed by atoms with van der Waals surface area (Å²) in [6.45, 7) is 2.81. The zero-order valence-electron chi connectivity index (χ0n) is 10.9. The van der Waals surface area contributed by atoms with Crippen LogP contribution in [0.15, 0.2) is 54.7 Å². The second-order valence-electron chi connectivity index (χ2n) is 4.48. The molecule has 2 rings (SSSR count). The van der Waals surface area contributed by atoms with Crippen LogP contribution in [0, 0.1) is 0 Å². The van der Waals surface area contributed by atoms with Crippen molar-refractivity contribution in [2.24, 2.45) is 0 Å². The van der Waals surface area contributed by atoms with Gasteiger partial charge in [0.05, 0.1) is 5.69 Å². The predicted octanol–water partition coefficient (Wildman–Crippen LogP) is -1.73. The van der Waals surface area contributed by atoms with E-state index in [-0.39, 0.29) is 18.4 Å². The summed E-state index contributed by atoms with van der Waals surface area (Å²) in [5.74, 6) is 0. The first-order valence-electron chi connectivity index (χ1n) is 6.23. The molecule has 0 aliphatic carbocycles. The van der Waals surface area contributed by atoms with Crippen LogP contribution < -0.4 is 17.7 Å². The molecule has 0 radical (unpaired) electrons. The number of hydrogen-bond acceptors (Lipinski definition) is 2. The quantitative estimate of drug-likeness (QED) is 0.683. The minimum absolute atomic E-state index is 0. The van der Waals surface area contributed by atoms with Gasteiger partial charge in [-0.25, -0.2) is 0 Å². The molecule has 3 N–H and O–H groups in total. The van der Waals surface area contributed by atoms with Gasteiger partial charge < -0.3 is 22.8 Å². The number of nitrogens with two attached hydrogens (primary N) is 1. The van der Waals surface area contributed by atoms with E-state index in [0.717, 1.165) is 17.8 Å². The maximum atomic E-state index is 10.2. The molecule has 2 atom stereocenters. The summed E-state index contributed by atoms with van der Waals surface area (Å²) in [6, 6.07) is 15.8. The van der Waals surface area contributed by atoms with Crippen molar-refractivity contribution >= 4 is 0 Å². The molecule has 19 heavy (non-hydrogen) atoms. The molecule has 1 aromatic carbocycles. The maximum absolute atomic E-state index is 10.2. The second-order valence-corrected chi connectivity index (χ2v) is 4.48. The van der Waals surface area contributed by atoms with Crippen LogP contribution in [0.4, 0.5) is 0 Å². The highest BCUT2D eigenvalue weighted by Crippen LogP contribution is 2.13. The monoisotopic (exact) mass is 278 g/mol. The van der Waals surface area contributed by atoms with Crippen LogP contribution in [0.25, 0.3) is 0 Å². The van der Waals surface area contributed by atoms with E-state index in [1.807, 2.05) is 55.5 Å². The molecule has 0 saturated heterocycles. The average molecular weight is 279 g/mol. The Balaban J connectivity index is 0.00000180. The summed E-state index contributed by atoms with van der Waals surface area (Å²) in [7, 11) is 0. The summed E-state index contributed by atoms with van der Waals surface area (Å²) in [5.41, 5.74) is 1.99. The van der Waals surface area contributed by atoms with Gasteiger partial charge in [-0.1, -0.05) is 36.4 Å². The van der Waals surface area contributed by atoms with Gasteiger partial charge in [0.1, 0.15) is 18.7 Å². The van der Waals surface area contributed by atoms with Crippen molar-refractivity contribution in [3.63, 3.8) is 0 Å². The van der Waals surface area contributed by atoms with Gasteiger partial charge >= 0.3 is 0 Å². The Bertz CT molecular complexity index is 464. The van der Waals surface area contributed by atoms with Gasteiger partial charge in [0, 0.05) is 6.20 Å². The molecule has 102 valence electrons. The van der Waals surface area contributed by atoms with Gasteiger partial charge in [-0.3, -0.25) is 4.98 Å². The first kappa shape index (κ1) is 15.6. The van der Waals surface area contributed by atoms with E-state index >= 15 is 0 Å². The molecule has 0 bridgehead atoms. The Kier molecular flexibility index (Phi) is 6.50. The van der Waals surface area contributed by atoms with E-state index in [4.69, 9.17) is 0 Å². The van der Waals surface area contributed by atoms with Crippen molar-refractivity contribution in [1.82, 2.24) is 4.98 Å². The zero-order chi connectivity index (χ0) is 12.8. The predicted molar refractivity (Wildman–Crippen MR) is 70.7 cm³/mol. The highest BCUT2D eigenvalue weighted by molar-refractivity contribution is 5.17. The van der Waals surface area contributed by atoms with E-state index in [1.54, 1.807) is 6.20 Å².